The molecule has 0 aliphatic rings. The Hall–Kier alpha value is -2.16. The van der Waals surface area contributed by atoms with Crippen LogP contribution in [0.3, 0.4) is 0 Å². The molecule has 0 amide bonds. The van der Waals surface area contributed by atoms with Crippen molar-refractivity contribution in [2.45, 2.75) is 23.5 Å². The SMILES string of the molecule is CS(=O)(=O)c1ccc(C(O)C(CF)NCCc2cccc(O)c2O)cc1. The quantitative estimate of drug-likeness (QED) is 0.517. The lowest BCUT2D eigenvalue weighted by molar-refractivity contribution is 0.113. The van der Waals surface area contributed by atoms with Crippen molar-refractivity contribution in [3.8, 4) is 11.5 Å². The molecule has 8 heteroatoms. The van der Waals surface area contributed by atoms with Gasteiger partial charge in [0.05, 0.1) is 17.0 Å². The van der Waals surface area contributed by atoms with Crippen LogP contribution >= 0.6 is 0 Å². The zero-order valence-corrected chi connectivity index (χ0v) is 15.1. The molecule has 2 aromatic carbocycles. The summed E-state index contributed by atoms with van der Waals surface area (Å²) in [5.41, 5.74) is 0.898. The molecule has 0 saturated carbocycles. The minimum atomic E-state index is -3.34. The van der Waals surface area contributed by atoms with E-state index in [0.717, 1.165) is 6.26 Å². The van der Waals surface area contributed by atoms with Crippen molar-refractivity contribution in [1.29, 1.82) is 0 Å². The van der Waals surface area contributed by atoms with Crippen molar-refractivity contribution in [3.05, 3.63) is 53.6 Å². The van der Waals surface area contributed by atoms with E-state index in [0.29, 0.717) is 17.5 Å². The van der Waals surface area contributed by atoms with Gasteiger partial charge >= 0.3 is 0 Å². The van der Waals surface area contributed by atoms with E-state index in [9.17, 15) is 28.1 Å². The molecule has 142 valence electrons. The van der Waals surface area contributed by atoms with E-state index >= 15 is 0 Å². The van der Waals surface area contributed by atoms with Crippen LogP contribution in [0.15, 0.2) is 47.4 Å². The number of phenols is 2. The summed E-state index contributed by atoms with van der Waals surface area (Å²) in [6.45, 7) is -0.564. The second-order valence-electron chi connectivity index (χ2n) is 6.04. The third-order valence-corrected chi connectivity index (χ3v) is 5.22. The predicted molar refractivity (Wildman–Crippen MR) is 95.8 cm³/mol. The number of para-hydroxylation sites is 1. The van der Waals surface area contributed by atoms with E-state index in [1.165, 1.54) is 30.3 Å². The van der Waals surface area contributed by atoms with Crippen molar-refractivity contribution in [1.82, 2.24) is 5.32 Å². The van der Waals surface area contributed by atoms with Gasteiger partial charge in [-0.1, -0.05) is 24.3 Å². The third kappa shape index (κ3) is 4.94. The molecule has 0 spiro atoms. The number of aromatic hydroxyl groups is 2. The lowest BCUT2D eigenvalue weighted by Gasteiger charge is -2.22. The Labute approximate surface area is 151 Å². The summed E-state index contributed by atoms with van der Waals surface area (Å²) in [6, 6.07) is 9.34. The van der Waals surface area contributed by atoms with Gasteiger partial charge < -0.3 is 20.6 Å². The van der Waals surface area contributed by atoms with Crippen LogP contribution in [0.4, 0.5) is 4.39 Å². The lowest BCUT2D eigenvalue weighted by Crippen LogP contribution is -2.38. The van der Waals surface area contributed by atoms with E-state index in [1.807, 2.05) is 0 Å². The first-order chi connectivity index (χ1) is 12.2. The number of alkyl halides is 1. The smallest absolute Gasteiger partial charge is 0.175 e. The van der Waals surface area contributed by atoms with Crippen molar-refractivity contribution in [2.75, 3.05) is 19.5 Å². The Morgan fingerprint density at radius 1 is 1.12 bits per heavy atom. The normalized spacial score (nSPS) is 14.1. The van der Waals surface area contributed by atoms with Crippen molar-refractivity contribution in [3.63, 3.8) is 0 Å². The summed E-state index contributed by atoms with van der Waals surface area (Å²) in [6.07, 6.45) is 0.254. The second kappa shape index (κ2) is 8.48. The number of rotatable bonds is 8. The van der Waals surface area contributed by atoms with E-state index < -0.39 is 28.7 Å². The largest absolute Gasteiger partial charge is 0.504 e. The van der Waals surface area contributed by atoms with Gasteiger partial charge in [-0.25, -0.2) is 12.8 Å². The number of hydrogen-bond acceptors (Lipinski definition) is 6. The number of phenolic OH excluding ortho intramolecular Hbond substituents is 2. The van der Waals surface area contributed by atoms with E-state index in [4.69, 9.17) is 0 Å². The molecule has 2 atom stereocenters. The van der Waals surface area contributed by atoms with Gasteiger partial charge in [0.2, 0.25) is 0 Å². The highest BCUT2D eigenvalue weighted by molar-refractivity contribution is 7.90. The van der Waals surface area contributed by atoms with Crippen LogP contribution in [0.5, 0.6) is 11.5 Å². The summed E-state index contributed by atoms with van der Waals surface area (Å²) in [5, 5.41) is 32.4. The van der Waals surface area contributed by atoms with Gasteiger partial charge in [-0.05, 0) is 42.3 Å². The number of sulfone groups is 1. The molecule has 6 nitrogen and oxygen atoms in total. The molecule has 0 aliphatic carbocycles. The Morgan fingerprint density at radius 3 is 2.35 bits per heavy atom. The van der Waals surface area contributed by atoms with Gasteiger partial charge in [-0.15, -0.1) is 0 Å². The van der Waals surface area contributed by atoms with E-state index in [2.05, 4.69) is 5.32 Å². The minimum absolute atomic E-state index is 0.123. The number of benzene rings is 2. The highest BCUT2D eigenvalue weighted by atomic mass is 32.2. The predicted octanol–water partition coefficient (Wildman–Crippen LogP) is 1.71. The number of aliphatic hydroxyl groups excluding tert-OH is 1. The zero-order valence-electron chi connectivity index (χ0n) is 14.3. The van der Waals surface area contributed by atoms with E-state index in [-0.39, 0.29) is 22.9 Å². The molecular formula is C18H22FNO5S. The third-order valence-electron chi connectivity index (χ3n) is 4.10. The first kappa shape index (κ1) is 20.2. The Balaban J connectivity index is 2.00. The number of nitrogens with one attached hydrogen (secondary N) is 1. The highest BCUT2D eigenvalue weighted by Crippen LogP contribution is 2.28. The molecule has 26 heavy (non-hydrogen) atoms. The summed E-state index contributed by atoms with van der Waals surface area (Å²) in [5.74, 6) is -0.446. The van der Waals surface area contributed by atoms with Gasteiger partial charge in [0, 0.05) is 6.26 Å². The van der Waals surface area contributed by atoms with Crippen LogP contribution in [-0.2, 0) is 16.3 Å². The monoisotopic (exact) mass is 383 g/mol. The fraction of sp³-hybridized carbons (Fsp3) is 0.333. The van der Waals surface area contributed by atoms with E-state index in [1.54, 1.807) is 12.1 Å². The van der Waals surface area contributed by atoms with Crippen LogP contribution < -0.4 is 5.32 Å². The van der Waals surface area contributed by atoms with Crippen LogP contribution in [0.25, 0.3) is 0 Å². The van der Waals surface area contributed by atoms with Gasteiger partial charge in [0.15, 0.2) is 21.3 Å². The molecule has 0 radical (unpaired) electrons. The first-order valence-corrected chi connectivity index (χ1v) is 9.90. The van der Waals surface area contributed by atoms with Gasteiger partial charge in [-0.2, -0.15) is 0 Å². The number of hydrogen-bond donors (Lipinski definition) is 4. The Bertz CT molecular complexity index is 839. The molecule has 2 rings (SSSR count). The van der Waals surface area contributed by atoms with Gasteiger partial charge in [0.25, 0.3) is 0 Å². The molecule has 0 bridgehead atoms. The number of aliphatic hydroxyl groups is 1. The second-order valence-corrected chi connectivity index (χ2v) is 8.05. The molecule has 4 N–H and O–H groups in total. The average molecular weight is 383 g/mol. The summed E-state index contributed by atoms with van der Waals surface area (Å²) < 4.78 is 36.2. The molecular weight excluding hydrogens is 361 g/mol. The molecule has 0 saturated heterocycles. The summed E-state index contributed by atoms with van der Waals surface area (Å²) in [7, 11) is -3.34. The highest BCUT2D eigenvalue weighted by Gasteiger charge is 2.21. The topological polar surface area (TPSA) is 107 Å². The van der Waals surface area contributed by atoms with Crippen molar-refractivity contribution >= 4 is 9.84 Å². The Morgan fingerprint density at radius 2 is 1.77 bits per heavy atom. The van der Waals surface area contributed by atoms with Gasteiger partial charge in [0.1, 0.15) is 6.67 Å². The van der Waals surface area contributed by atoms with Crippen LogP contribution in [0.2, 0.25) is 0 Å². The summed E-state index contributed by atoms with van der Waals surface area (Å²) >= 11 is 0. The molecule has 0 aliphatic heterocycles. The van der Waals surface area contributed by atoms with Crippen molar-refractivity contribution in [2.24, 2.45) is 0 Å². The first-order valence-electron chi connectivity index (χ1n) is 8.01. The minimum Gasteiger partial charge on any atom is -0.504 e. The molecule has 2 unspecified atom stereocenters. The Kier molecular flexibility index (Phi) is 6.57. The maximum atomic E-state index is 13.3. The fourth-order valence-electron chi connectivity index (χ4n) is 2.57. The molecule has 0 heterocycles. The lowest BCUT2D eigenvalue weighted by atomic mass is 10.0. The summed E-state index contributed by atoms with van der Waals surface area (Å²) in [4.78, 5) is 0.123. The molecule has 2 aromatic rings. The molecule has 0 aromatic heterocycles. The van der Waals surface area contributed by atoms with Gasteiger partial charge in [-0.3, -0.25) is 0 Å². The van der Waals surface area contributed by atoms with Crippen LogP contribution in [0, 0.1) is 0 Å². The number of halogens is 1. The maximum Gasteiger partial charge on any atom is 0.175 e. The average Bonchev–Trinajstić information content (AvgIpc) is 2.61. The van der Waals surface area contributed by atoms with Crippen molar-refractivity contribution < 1.29 is 28.1 Å². The standard InChI is InChI=1S/C18H22FNO5S/c1-26(24,25)14-7-5-13(6-8-14)17(22)15(11-19)20-10-9-12-3-2-4-16(21)18(12)23/h2-8,15,17,20-23H,9-11H2,1H3. The fourth-order valence-corrected chi connectivity index (χ4v) is 3.20. The van der Waals surface area contributed by atoms with Crippen LogP contribution in [0.1, 0.15) is 17.2 Å². The molecule has 0 fully saturated rings. The van der Waals surface area contributed by atoms with Crippen LogP contribution in [-0.4, -0.2) is 49.3 Å². The zero-order chi connectivity index (χ0) is 19.3. The maximum absolute atomic E-state index is 13.3.